The molecule has 1 rings (SSSR count). The Morgan fingerprint density at radius 2 is 2.11 bits per heavy atom. The smallest absolute Gasteiger partial charge is 0.387 e. The highest BCUT2D eigenvalue weighted by Gasteiger charge is 2.28. The van der Waals surface area contributed by atoms with Gasteiger partial charge in [0.25, 0.3) is 11.8 Å². The number of hydrogen-bond acceptors (Lipinski definition) is 3. The molecule has 0 aliphatic heterocycles. The normalized spacial score (nSPS) is 11.5. The van der Waals surface area contributed by atoms with E-state index in [0.717, 1.165) is 6.07 Å². The van der Waals surface area contributed by atoms with Crippen LogP contribution in [0.4, 0.5) is 17.6 Å². The van der Waals surface area contributed by atoms with Gasteiger partial charge in [-0.05, 0) is 18.2 Å². The van der Waals surface area contributed by atoms with Crippen molar-refractivity contribution in [2.24, 2.45) is 0 Å². The Morgan fingerprint density at radius 3 is 2.68 bits per heavy atom. The molecule has 0 bridgehead atoms. The van der Waals surface area contributed by atoms with Crippen LogP contribution in [0.15, 0.2) is 24.3 Å². The number of ether oxygens (including phenoxy) is 1. The summed E-state index contributed by atoms with van der Waals surface area (Å²) in [4.78, 5) is 11.5. The second kappa shape index (κ2) is 6.37. The molecular formula is C11H11F4NO3. The predicted octanol–water partition coefficient (Wildman–Crippen LogP) is 1.65. The third kappa shape index (κ3) is 5.12. The summed E-state index contributed by atoms with van der Waals surface area (Å²) in [7, 11) is 0. The van der Waals surface area contributed by atoms with Gasteiger partial charge in [-0.15, -0.1) is 0 Å². The summed E-state index contributed by atoms with van der Waals surface area (Å²) in [6.07, 6.45) is 0. The van der Waals surface area contributed by atoms with Crippen LogP contribution in [-0.2, 0) is 0 Å². The van der Waals surface area contributed by atoms with E-state index in [1.54, 1.807) is 0 Å². The lowest BCUT2D eigenvalue weighted by Gasteiger charge is -2.14. The first-order chi connectivity index (χ1) is 8.84. The third-order valence-corrected chi connectivity index (χ3v) is 2.06. The highest BCUT2D eigenvalue weighted by Crippen LogP contribution is 2.16. The zero-order chi connectivity index (χ0) is 14.5. The maximum atomic E-state index is 12.7. The SMILES string of the molecule is O=C(NCC(F)(F)CO)c1cccc(OC(F)F)c1. The Bertz CT molecular complexity index is 440. The van der Waals surface area contributed by atoms with E-state index in [1.165, 1.54) is 18.2 Å². The number of benzene rings is 1. The van der Waals surface area contributed by atoms with Gasteiger partial charge in [0.15, 0.2) is 0 Å². The quantitative estimate of drug-likeness (QED) is 0.779. The minimum absolute atomic E-state index is 0.105. The Kier molecular flexibility index (Phi) is 5.11. The monoisotopic (exact) mass is 281 g/mol. The number of carbonyl (C=O) groups excluding carboxylic acids is 1. The molecule has 0 aliphatic carbocycles. The van der Waals surface area contributed by atoms with Gasteiger partial charge < -0.3 is 15.2 Å². The van der Waals surface area contributed by atoms with Gasteiger partial charge in [-0.2, -0.15) is 8.78 Å². The molecule has 0 aromatic heterocycles. The van der Waals surface area contributed by atoms with E-state index in [9.17, 15) is 22.4 Å². The first-order valence-corrected chi connectivity index (χ1v) is 5.16. The lowest BCUT2D eigenvalue weighted by Crippen LogP contribution is -2.38. The standard InChI is InChI=1S/C11H11F4NO3/c12-10(13)19-8-3-1-2-7(4-8)9(18)16-5-11(14,15)6-17/h1-4,10,17H,5-6H2,(H,16,18). The zero-order valence-corrected chi connectivity index (χ0v) is 9.58. The molecule has 0 saturated heterocycles. The fourth-order valence-electron chi connectivity index (χ4n) is 1.18. The first-order valence-electron chi connectivity index (χ1n) is 5.16. The van der Waals surface area contributed by atoms with Crippen LogP contribution in [0.2, 0.25) is 0 Å². The molecule has 2 N–H and O–H groups in total. The molecule has 0 unspecified atom stereocenters. The van der Waals surface area contributed by atoms with Crippen molar-refractivity contribution in [3.8, 4) is 5.75 Å². The molecule has 0 heterocycles. The molecule has 106 valence electrons. The Labute approximate surface area is 106 Å². The van der Waals surface area contributed by atoms with Crippen LogP contribution in [-0.4, -0.2) is 36.7 Å². The summed E-state index contributed by atoms with van der Waals surface area (Å²) in [5, 5.41) is 10.2. The van der Waals surface area contributed by atoms with Crippen LogP contribution < -0.4 is 10.1 Å². The van der Waals surface area contributed by atoms with Crippen LogP contribution in [0.1, 0.15) is 10.4 Å². The van der Waals surface area contributed by atoms with E-state index in [1.807, 2.05) is 5.32 Å². The number of hydrogen-bond donors (Lipinski definition) is 2. The number of amides is 1. The largest absolute Gasteiger partial charge is 0.435 e. The number of alkyl halides is 4. The number of aliphatic hydroxyl groups is 1. The number of rotatable bonds is 6. The van der Waals surface area contributed by atoms with E-state index < -0.39 is 31.6 Å². The van der Waals surface area contributed by atoms with Gasteiger partial charge in [-0.3, -0.25) is 4.79 Å². The molecule has 0 fully saturated rings. The lowest BCUT2D eigenvalue weighted by atomic mass is 10.2. The zero-order valence-electron chi connectivity index (χ0n) is 9.58. The number of halogens is 4. The van der Waals surface area contributed by atoms with E-state index in [4.69, 9.17) is 5.11 Å². The van der Waals surface area contributed by atoms with Crippen molar-refractivity contribution in [1.29, 1.82) is 0 Å². The molecule has 4 nitrogen and oxygen atoms in total. The fourth-order valence-corrected chi connectivity index (χ4v) is 1.18. The van der Waals surface area contributed by atoms with Gasteiger partial charge in [0.05, 0.1) is 6.54 Å². The summed E-state index contributed by atoms with van der Waals surface area (Å²) in [6.45, 7) is -5.50. The van der Waals surface area contributed by atoms with Gasteiger partial charge in [0, 0.05) is 5.56 Å². The number of nitrogens with one attached hydrogen (secondary N) is 1. The molecule has 8 heteroatoms. The van der Waals surface area contributed by atoms with Crippen molar-refractivity contribution in [1.82, 2.24) is 5.32 Å². The van der Waals surface area contributed by atoms with Gasteiger partial charge >= 0.3 is 6.61 Å². The van der Waals surface area contributed by atoms with Gasteiger partial charge in [-0.1, -0.05) is 6.07 Å². The van der Waals surface area contributed by atoms with Crippen molar-refractivity contribution >= 4 is 5.91 Å². The third-order valence-electron chi connectivity index (χ3n) is 2.06. The Hall–Kier alpha value is -1.83. The highest BCUT2D eigenvalue weighted by molar-refractivity contribution is 5.94. The lowest BCUT2D eigenvalue weighted by molar-refractivity contribution is -0.0498. The molecule has 0 spiro atoms. The summed E-state index contributed by atoms with van der Waals surface area (Å²) in [5.41, 5.74) is -0.105. The van der Waals surface area contributed by atoms with Crippen LogP contribution in [0.5, 0.6) is 5.75 Å². The number of aliphatic hydroxyl groups excluding tert-OH is 1. The fraction of sp³-hybridized carbons (Fsp3) is 0.364. The molecule has 1 aromatic rings. The minimum Gasteiger partial charge on any atom is -0.435 e. The van der Waals surface area contributed by atoms with Crippen molar-refractivity contribution in [3.05, 3.63) is 29.8 Å². The maximum Gasteiger partial charge on any atom is 0.387 e. The molecule has 19 heavy (non-hydrogen) atoms. The van der Waals surface area contributed by atoms with Crippen molar-refractivity contribution < 1.29 is 32.2 Å². The summed E-state index contributed by atoms with van der Waals surface area (Å²) < 4.78 is 53.4. The summed E-state index contributed by atoms with van der Waals surface area (Å²) >= 11 is 0. The predicted molar refractivity (Wildman–Crippen MR) is 57.4 cm³/mol. The Balaban J connectivity index is 2.67. The number of carbonyl (C=O) groups is 1. The highest BCUT2D eigenvalue weighted by atomic mass is 19.3. The van der Waals surface area contributed by atoms with Gasteiger partial charge in [-0.25, -0.2) is 8.78 Å². The van der Waals surface area contributed by atoms with Crippen LogP contribution in [0.25, 0.3) is 0 Å². The van der Waals surface area contributed by atoms with E-state index in [2.05, 4.69) is 4.74 Å². The van der Waals surface area contributed by atoms with E-state index in [0.29, 0.717) is 0 Å². The van der Waals surface area contributed by atoms with Crippen molar-refractivity contribution in [2.75, 3.05) is 13.2 Å². The van der Waals surface area contributed by atoms with Crippen LogP contribution in [0.3, 0.4) is 0 Å². The van der Waals surface area contributed by atoms with Gasteiger partial charge in [0.2, 0.25) is 0 Å². The average Bonchev–Trinajstić information content (AvgIpc) is 2.35. The minimum atomic E-state index is -3.44. The maximum absolute atomic E-state index is 12.7. The van der Waals surface area contributed by atoms with Crippen LogP contribution in [0, 0.1) is 0 Å². The second-order valence-corrected chi connectivity index (χ2v) is 3.60. The molecule has 0 saturated carbocycles. The van der Waals surface area contributed by atoms with Gasteiger partial charge in [0.1, 0.15) is 12.4 Å². The van der Waals surface area contributed by atoms with Crippen molar-refractivity contribution in [2.45, 2.75) is 12.5 Å². The summed E-state index contributed by atoms with van der Waals surface area (Å²) in [6, 6.07) is 4.73. The molecule has 1 aromatic carbocycles. The molecular weight excluding hydrogens is 270 g/mol. The van der Waals surface area contributed by atoms with Crippen LogP contribution >= 0.6 is 0 Å². The van der Waals surface area contributed by atoms with E-state index in [-0.39, 0.29) is 11.3 Å². The average molecular weight is 281 g/mol. The molecule has 1 amide bonds. The molecule has 0 aliphatic rings. The van der Waals surface area contributed by atoms with E-state index >= 15 is 0 Å². The first kappa shape index (κ1) is 15.2. The molecule has 0 atom stereocenters. The summed E-state index contributed by atoms with van der Waals surface area (Å²) in [5.74, 6) is -4.57. The Morgan fingerprint density at radius 1 is 1.42 bits per heavy atom. The second-order valence-electron chi connectivity index (χ2n) is 3.60. The molecule has 0 radical (unpaired) electrons. The van der Waals surface area contributed by atoms with Crippen molar-refractivity contribution in [3.63, 3.8) is 0 Å². The topological polar surface area (TPSA) is 58.6 Å².